The van der Waals surface area contributed by atoms with Crippen LogP contribution < -0.4 is 10.3 Å². The van der Waals surface area contributed by atoms with Gasteiger partial charge in [-0.2, -0.15) is 0 Å². The van der Waals surface area contributed by atoms with Gasteiger partial charge in [0.25, 0.3) is 5.91 Å². The van der Waals surface area contributed by atoms with Crippen molar-refractivity contribution in [3.05, 3.63) is 79.6 Å². The Hall–Kier alpha value is -2.34. The van der Waals surface area contributed by atoms with Crippen LogP contribution in [0, 0.1) is 0 Å². The molecule has 0 unspecified atom stereocenters. The molecule has 3 aromatic rings. The van der Waals surface area contributed by atoms with Crippen molar-refractivity contribution >= 4 is 40.1 Å². The first-order valence-electron chi connectivity index (χ1n) is 10.1. The summed E-state index contributed by atoms with van der Waals surface area (Å²) in [5, 5.41) is 1.27. The Morgan fingerprint density at radius 1 is 1.03 bits per heavy atom. The van der Waals surface area contributed by atoms with E-state index in [2.05, 4.69) is 13.8 Å². The van der Waals surface area contributed by atoms with E-state index in [-0.39, 0.29) is 17.1 Å². The molecular formula is C23H23Cl2N2O3+. The molecule has 30 heavy (non-hydrogen) atoms. The minimum atomic E-state index is -0.557. The van der Waals surface area contributed by atoms with E-state index < -0.39 is 6.04 Å². The second-order valence-corrected chi connectivity index (χ2v) is 8.27. The lowest BCUT2D eigenvalue weighted by Crippen LogP contribution is -3.12. The van der Waals surface area contributed by atoms with Crippen molar-refractivity contribution < 1.29 is 14.1 Å². The summed E-state index contributed by atoms with van der Waals surface area (Å²) in [5.74, 6) is -0.153. The van der Waals surface area contributed by atoms with Gasteiger partial charge in [0.05, 0.1) is 53.2 Å². The van der Waals surface area contributed by atoms with E-state index >= 15 is 0 Å². The van der Waals surface area contributed by atoms with E-state index in [0.717, 1.165) is 25.2 Å². The average Bonchev–Trinajstić information content (AvgIpc) is 3.03. The lowest BCUT2D eigenvalue weighted by atomic mass is 9.98. The highest BCUT2D eigenvalue weighted by Crippen LogP contribution is 2.39. The predicted molar refractivity (Wildman–Crippen MR) is 119 cm³/mol. The smallest absolute Gasteiger partial charge is 0.291 e. The quantitative estimate of drug-likeness (QED) is 0.630. The van der Waals surface area contributed by atoms with Gasteiger partial charge in [-0.15, -0.1) is 0 Å². The first kappa shape index (κ1) is 20.9. The zero-order valence-corrected chi connectivity index (χ0v) is 18.4. The fraction of sp³-hybridized carbons (Fsp3) is 0.304. The van der Waals surface area contributed by atoms with Gasteiger partial charge in [-0.25, -0.2) is 0 Å². The number of quaternary nitrogens is 1. The molecule has 2 aromatic carbocycles. The van der Waals surface area contributed by atoms with E-state index in [9.17, 15) is 9.59 Å². The molecule has 2 heterocycles. The van der Waals surface area contributed by atoms with Crippen LogP contribution in [0.25, 0.3) is 11.0 Å². The number of carbonyl (C=O) groups excluding carboxylic acids is 1. The van der Waals surface area contributed by atoms with Gasteiger partial charge in [-0.05, 0) is 43.7 Å². The maximum absolute atomic E-state index is 13.4. The molecule has 1 N–H and O–H groups in total. The number of nitrogens with zero attached hydrogens (tertiary/aromatic N) is 1. The number of halogens is 2. The van der Waals surface area contributed by atoms with Gasteiger partial charge in [0, 0.05) is 0 Å². The van der Waals surface area contributed by atoms with Gasteiger partial charge in [0.15, 0.2) is 5.43 Å². The first-order chi connectivity index (χ1) is 14.5. The number of hydrogen-bond donors (Lipinski definition) is 1. The molecule has 156 valence electrons. The Labute approximate surface area is 184 Å². The van der Waals surface area contributed by atoms with Gasteiger partial charge in [-0.3, -0.25) is 9.59 Å². The van der Waals surface area contributed by atoms with Gasteiger partial charge < -0.3 is 14.2 Å². The molecule has 0 spiro atoms. The molecule has 1 aliphatic heterocycles. The number of rotatable bonds is 6. The summed E-state index contributed by atoms with van der Waals surface area (Å²) >= 11 is 12.4. The van der Waals surface area contributed by atoms with Crippen LogP contribution in [0.5, 0.6) is 0 Å². The van der Waals surface area contributed by atoms with Gasteiger partial charge in [0.2, 0.25) is 5.76 Å². The molecule has 5 nitrogen and oxygen atoms in total. The molecule has 0 aliphatic carbocycles. The van der Waals surface area contributed by atoms with Crippen LogP contribution in [-0.4, -0.2) is 37.0 Å². The van der Waals surface area contributed by atoms with E-state index in [4.69, 9.17) is 27.6 Å². The topological polar surface area (TPSA) is 55.0 Å². The molecule has 7 heteroatoms. The summed E-state index contributed by atoms with van der Waals surface area (Å²) in [5.41, 5.74) is 1.34. The molecule has 1 atom stereocenters. The molecule has 4 rings (SSSR count). The summed E-state index contributed by atoms with van der Waals surface area (Å²) in [6.45, 7) is 7.44. The summed E-state index contributed by atoms with van der Waals surface area (Å²) in [4.78, 5) is 29.8. The zero-order valence-electron chi connectivity index (χ0n) is 16.9. The SMILES string of the molecule is CC[NH+](CC)CCN1C(=O)c2oc3ccccc3c(=O)c2[C@@H]1c1ccc(Cl)c(Cl)c1. The van der Waals surface area contributed by atoms with Crippen molar-refractivity contribution in [2.24, 2.45) is 0 Å². The number of nitrogens with one attached hydrogen (secondary N) is 1. The highest BCUT2D eigenvalue weighted by atomic mass is 35.5. The zero-order chi connectivity index (χ0) is 21.4. The monoisotopic (exact) mass is 445 g/mol. The van der Waals surface area contributed by atoms with E-state index in [1.807, 2.05) is 6.07 Å². The van der Waals surface area contributed by atoms with Gasteiger partial charge >= 0.3 is 0 Å². The van der Waals surface area contributed by atoms with Crippen molar-refractivity contribution in [1.82, 2.24) is 4.90 Å². The van der Waals surface area contributed by atoms with Crippen molar-refractivity contribution in [3.63, 3.8) is 0 Å². The Morgan fingerprint density at radius 3 is 2.47 bits per heavy atom. The van der Waals surface area contributed by atoms with E-state index in [0.29, 0.717) is 33.1 Å². The Kier molecular flexibility index (Phi) is 5.87. The summed E-state index contributed by atoms with van der Waals surface area (Å²) in [6, 6.07) is 11.7. The summed E-state index contributed by atoms with van der Waals surface area (Å²) < 4.78 is 5.94. The van der Waals surface area contributed by atoms with E-state index in [1.54, 1.807) is 41.3 Å². The standard InChI is InChI=1S/C23H22Cl2N2O3/c1-3-26(4-2)11-12-27-20(14-9-10-16(24)17(25)13-14)19-21(28)15-7-5-6-8-18(15)30-22(19)23(27)29/h5-10,13,20H,3-4,11-12H2,1-2H3/p+1/t20-/m0/s1. The molecule has 1 amide bonds. The number of fused-ring (bicyclic) bond motifs is 2. The molecule has 0 fully saturated rings. The molecule has 0 bridgehead atoms. The predicted octanol–water partition coefficient (Wildman–Crippen LogP) is 3.57. The number of para-hydroxylation sites is 1. The second-order valence-electron chi connectivity index (χ2n) is 7.45. The maximum Gasteiger partial charge on any atom is 0.291 e. The highest BCUT2D eigenvalue weighted by Gasteiger charge is 2.43. The molecule has 0 saturated carbocycles. The van der Waals surface area contributed by atoms with Gasteiger partial charge in [0.1, 0.15) is 5.58 Å². The number of hydrogen-bond acceptors (Lipinski definition) is 3. The lowest BCUT2D eigenvalue weighted by Gasteiger charge is -2.27. The first-order valence-corrected chi connectivity index (χ1v) is 10.9. The van der Waals surface area contributed by atoms with Crippen LogP contribution in [0.15, 0.2) is 51.7 Å². The summed E-state index contributed by atoms with van der Waals surface area (Å²) in [7, 11) is 0. The van der Waals surface area contributed by atoms with Crippen molar-refractivity contribution in [1.29, 1.82) is 0 Å². The molecule has 0 saturated heterocycles. The normalized spacial score (nSPS) is 16.0. The fourth-order valence-electron chi connectivity index (χ4n) is 4.11. The average molecular weight is 446 g/mol. The molecule has 0 radical (unpaired) electrons. The van der Waals surface area contributed by atoms with E-state index in [1.165, 1.54) is 4.90 Å². The third-order valence-corrected chi connectivity index (χ3v) is 6.58. The second kappa shape index (κ2) is 8.42. The highest BCUT2D eigenvalue weighted by molar-refractivity contribution is 6.42. The Morgan fingerprint density at radius 2 is 1.77 bits per heavy atom. The number of benzene rings is 2. The maximum atomic E-state index is 13.4. The van der Waals surface area contributed by atoms with Crippen molar-refractivity contribution in [3.8, 4) is 0 Å². The summed E-state index contributed by atoms with van der Waals surface area (Å²) in [6.07, 6.45) is 0. The van der Waals surface area contributed by atoms with Crippen LogP contribution in [0.1, 0.15) is 41.6 Å². The third kappa shape index (κ3) is 3.51. The lowest BCUT2D eigenvalue weighted by molar-refractivity contribution is -0.895. The van der Waals surface area contributed by atoms with Crippen molar-refractivity contribution in [2.45, 2.75) is 19.9 Å². The largest absolute Gasteiger partial charge is 0.450 e. The van der Waals surface area contributed by atoms with Crippen LogP contribution in [0.4, 0.5) is 0 Å². The molecular weight excluding hydrogens is 423 g/mol. The fourth-order valence-corrected chi connectivity index (χ4v) is 4.42. The van der Waals surface area contributed by atoms with Crippen LogP contribution in [-0.2, 0) is 0 Å². The molecule has 1 aliphatic rings. The minimum Gasteiger partial charge on any atom is -0.450 e. The van der Waals surface area contributed by atoms with Gasteiger partial charge in [-0.1, -0.05) is 41.4 Å². The van der Waals surface area contributed by atoms with Crippen molar-refractivity contribution in [2.75, 3.05) is 26.2 Å². The van der Waals surface area contributed by atoms with Crippen LogP contribution >= 0.6 is 23.2 Å². The Balaban J connectivity index is 1.88. The minimum absolute atomic E-state index is 0.115. The van der Waals surface area contributed by atoms with Crippen LogP contribution in [0.3, 0.4) is 0 Å². The third-order valence-electron chi connectivity index (χ3n) is 5.84. The molecule has 1 aromatic heterocycles. The Bertz CT molecular complexity index is 1170. The van der Waals surface area contributed by atoms with Crippen LogP contribution in [0.2, 0.25) is 10.0 Å². The number of amides is 1. The number of likely N-dealkylation sites (N-methyl/N-ethyl adjacent to an activating group) is 1. The number of carbonyl (C=O) groups is 1.